The van der Waals surface area contributed by atoms with E-state index in [1.54, 1.807) is 36.5 Å². The summed E-state index contributed by atoms with van der Waals surface area (Å²) in [5, 5.41) is 22.1. The lowest BCUT2D eigenvalue weighted by atomic mass is 9.94. The fourth-order valence-corrected chi connectivity index (χ4v) is 5.68. The first-order chi connectivity index (χ1) is 23.9. The Morgan fingerprint density at radius 1 is 0.760 bits per heavy atom. The van der Waals surface area contributed by atoms with Crippen molar-refractivity contribution in [1.29, 1.82) is 0 Å². The number of H-pyrrole nitrogens is 1. The second-order valence-electron chi connectivity index (χ2n) is 13.6. The van der Waals surface area contributed by atoms with Crippen LogP contribution in [0.2, 0.25) is 0 Å². The van der Waals surface area contributed by atoms with E-state index in [0.717, 1.165) is 5.56 Å². The van der Waals surface area contributed by atoms with Gasteiger partial charge in [0.05, 0.1) is 30.6 Å². The first-order valence-corrected chi connectivity index (χ1v) is 17.4. The van der Waals surface area contributed by atoms with E-state index < -0.39 is 54.3 Å². The van der Waals surface area contributed by atoms with E-state index in [-0.39, 0.29) is 36.5 Å². The smallest absolute Gasteiger partial charge is 0.257 e. The van der Waals surface area contributed by atoms with Crippen molar-refractivity contribution in [3.8, 4) is 0 Å². The second kappa shape index (κ2) is 20.0. The largest absolute Gasteiger partial charge is 0.390 e. The Kier molecular flexibility index (Phi) is 15.8. The van der Waals surface area contributed by atoms with Crippen molar-refractivity contribution in [3.05, 3.63) is 90.0 Å². The first-order valence-electron chi connectivity index (χ1n) is 17.4. The third kappa shape index (κ3) is 13.2. The molecule has 50 heavy (non-hydrogen) atoms. The van der Waals surface area contributed by atoms with Crippen LogP contribution in [-0.4, -0.2) is 68.8 Å². The third-order valence-electron chi connectivity index (χ3n) is 8.33. The maximum atomic E-state index is 13.8. The molecule has 0 spiro atoms. The number of carbonyl (C=O) groups is 5. The highest BCUT2D eigenvalue weighted by molar-refractivity contribution is 6.06. The fraction of sp³-hybridized carbons (Fsp3) is 0.474. The Labute approximate surface area is 294 Å². The molecule has 1 aromatic heterocycles. The normalized spacial score (nSPS) is 14.2. The first kappa shape index (κ1) is 39.6. The Morgan fingerprint density at radius 2 is 1.40 bits per heavy atom. The van der Waals surface area contributed by atoms with Crippen LogP contribution in [0.1, 0.15) is 81.9 Å². The number of aromatic amines is 1. The molecular formula is C38H52N6O6. The molecule has 0 aliphatic rings. The number of aliphatic hydroxyl groups excluding tert-OH is 1. The van der Waals surface area contributed by atoms with E-state index in [2.05, 4.69) is 31.2 Å². The van der Waals surface area contributed by atoms with E-state index in [0.29, 0.717) is 30.5 Å². The zero-order chi connectivity index (χ0) is 36.6. The third-order valence-corrected chi connectivity index (χ3v) is 8.33. The number of aromatic nitrogens is 2. The number of hydrogen-bond acceptors (Lipinski definition) is 7. The van der Waals surface area contributed by atoms with Gasteiger partial charge in [-0.15, -0.1) is 0 Å². The molecule has 0 fully saturated rings. The van der Waals surface area contributed by atoms with Crippen molar-refractivity contribution < 1.29 is 29.1 Å². The minimum Gasteiger partial charge on any atom is -0.390 e. The number of imidazole rings is 1. The number of amides is 5. The predicted molar refractivity (Wildman–Crippen MR) is 190 cm³/mol. The maximum absolute atomic E-state index is 13.8. The van der Waals surface area contributed by atoms with Gasteiger partial charge in [-0.25, -0.2) is 4.98 Å². The Hall–Kier alpha value is -4.84. The molecule has 12 heteroatoms. The maximum Gasteiger partial charge on any atom is 0.257 e. The molecule has 270 valence electrons. The highest BCUT2D eigenvalue weighted by Gasteiger charge is 2.32. The van der Waals surface area contributed by atoms with Gasteiger partial charge in [0.25, 0.3) is 5.91 Å². The predicted octanol–water partition coefficient (Wildman–Crippen LogP) is 3.48. The lowest BCUT2D eigenvalue weighted by Crippen LogP contribution is -2.55. The summed E-state index contributed by atoms with van der Waals surface area (Å²) in [4.78, 5) is 73.3. The number of carbonyl (C=O) groups excluding carboxylic acids is 5. The summed E-state index contributed by atoms with van der Waals surface area (Å²) < 4.78 is 0. The van der Waals surface area contributed by atoms with E-state index in [9.17, 15) is 29.1 Å². The molecule has 3 aromatic rings. The van der Waals surface area contributed by atoms with Crippen LogP contribution in [0.5, 0.6) is 0 Å². The molecule has 0 aliphatic heterocycles. The molecule has 0 bridgehead atoms. The molecule has 12 nitrogen and oxygen atoms in total. The molecular weight excluding hydrogens is 636 g/mol. The standard InChI is InChI=1S/C38H52N6O6/c1-6-27(19-26-13-9-7-10-14-26)35(47)43-32(20-29-22-39-23-40-29)37(49)42-30(17-24(2)3)33(45)21-34(46)41-31(18-25(4)5)38(50)44-36(48)28-15-11-8-12-16-28/h7-16,22-25,27,30-33,45H,6,17-21H2,1-5H3,(H,39,40)(H,41,46)(H,42,49)(H,43,47)(H,44,48,50)/t27?,30-,31-,32-,33-/m0/s1. The van der Waals surface area contributed by atoms with Crippen LogP contribution in [0.4, 0.5) is 0 Å². The Bertz CT molecular complexity index is 1510. The highest BCUT2D eigenvalue weighted by atomic mass is 16.3. The van der Waals surface area contributed by atoms with Crippen LogP contribution in [0.15, 0.2) is 73.2 Å². The van der Waals surface area contributed by atoms with Gasteiger partial charge >= 0.3 is 0 Å². The topological polar surface area (TPSA) is 182 Å². The summed E-state index contributed by atoms with van der Waals surface area (Å²) >= 11 is 0. The highest BCUT2D eigenvalue weighted by Crippen LogP contribution is 2.16. The lowest BCUT2D eigenvalue weighted by Gasteiger charge is -2.29. The molecule has 0 saturated carbocycles. The van der Waals surface area contributed by atoms with Crippen LogP contribution in [0.3, 0.4) is 0 Å². The number of benzene rings is 2. The lowest BCUT2D eigenvalue weighted by molar-refractivity contribution is -0.132. The van der Waals surface area contributed by atoms with Gasteiger partial charge in [-0.05, 0) is 55.2 Å². The van der Waals surface area contributed by atoms with Crippen molar-refractivity contribution in [2.24, 2.45) is 17.8 Å². The Balaban J connectivity index is 1.70. The number of imide groups is 1. The minimum absolute atomic E-state index is 0.0115. The van der Waals surface area contributed by atoms with E-state index in [4.69, 9.17) is 0 Å². The van der Waals surface area contributed by atoms with Gasteiger partial charge in [-0.3, -0.25) is 29.3 Å². The Morgan fingerprint density at radius 3 is 1.98 bits per heavy atom. The van der Waals surface area contributed by atoms with Crippen molar-refractivity contribution in [3.63, 3.8) is 0 Å². The number of nitrogens with zero attached hydrogens (tertiary/aromatic N) is 1. The molecule has 0 radical (unpaired) electrons. The van der Waals surface area contributed by atoms with Gasteiger partial charge in [0, 0.05) is 24.1 Å². The van der Waals surface area contributed by atoms with Gasteiger partial charge in [0.2, 0.25) is 23.6 Å². The average Bonchev–Trinajstić information content (AvgIpc) is 3.59. The monoisotopic (exact) mass is 688 g/mol. The van der Waals surface area contributed by atoms with Crippen LogP contribution < -0.4 is 21.3 Å². The number of rotatable bonds is 19. The van der Waals surface area contributed by atoms with Crippen LogP contribution in [-0.2, 0) is 32.0 Å². The number of nitrogens with one attached hydrogen (secondary N) is 5. The number of aliphatic hydroxyl groups is 1. The minimum atomic E-state index is -1.31. The summed E-state index contributed by atoms with van der Waals surface area (Å²) in [7, 11) is 0. The van der Waals surface area contributed by atoms with Crippen LogP contribution in [0.25, 0.3) is 0 Å². The molecule has 3 rings (SSSR count). The molecule has 6 N–H and O–H groups in total. The van der Waals surface area contributed by atoms with Gasteiger partial charge < -0.3 is 26.0 Å². The zero-order valence-corrected chi connectivity index (χ0v) is 29.6. The average molecular weight is 689 g/mol. The van der Waals surface area contributed by atoms with Crippen LogP contribution in [0, 0.1) is 17.8 Å². The molecule has 0 saturated heterocycles. The van der Waals surface area contributed by atoms with Gasteiger partial charge in [-0.2, -0.15) is 0 Å². The van der Waals surface area contributed by atoms with Gasteiger partial charge in [0.1, 0.15) is 12.1 Å². The van der Waals surface area contributed by atoms with Gasteiger partial charge in [0.15, 0.2) is 0 Å². The summed E-state index contributed by atoms with van der Waals surface area (Å²) in [5.74, 6) is -2.95. The summed E-state index contributed by atoms with van der Waals surface area (Å²) in [6, 6.07) is 15.1. The summed E-state index contributed by atoms with van der Waals surface area (Å²) in [6.45, 7) is 9.55. The summed E-state index contributed by atoms with van der Waals surface area (Å²) in [6.07, 6.45) is 3.23. The van der Waals surface area contributed by atoms with Crippen molar-refractivity contribution in [2.75, 3.05) is 0 Å². The summed E-state index contributed by atoms with van der Waals surface area (Å²) in [5.41, 5.74) is 1.89. The second-order valence-corrected chi connectivity index (χ2v) is 13.6. The molecule has 1 heterocycles. The van der Waals surface area contributed by atoms with E-state index in [1.165, 1.54) is 6.33 Å². The molecule has 0 aliphatic carbocycles. The van der Waals surface area contributed by atoms with Crippen molar-refractivity contribution in [1.82, 2.24) is 31.2 Å². The molecule has 5 amide bonds. The van der Waals surface area contributed by atoms with E-state index >= 15 is 0 Å². The van der Waals surface area contributed by atoms with Gasteiger partial charge in [-0.1, -0.05) is 83.1 Å². The van der Waals surface area contributed by atoms with Crippen molar-refractivity contribution >= 4 is 29.5 Å². The van der Waals surface area contributed by atoms with Crippen molar-refractivity contribution in [2.45, 2.75) is 97.4 Å². The zero-order valence-electron chi connectivity index (χ0n) is 29.6. The SMILES string of the molecule is CCC(Cc1ccccc1)C(=O)N[C@@H](Cc1c[nH]cn1)C(=O)N[C@@H](CC(C)C)[C@@H](O)CC(=O)N[C@@H](CC(C)C)C(=O)NC(=O)c1ccccc1. The fourth-order valence-electron chi connectivity index (χ4n) is 5.68. The molecule has 5 atom stereocenters. The van der Waals surface area contributed by atoms with E-state index in [1.807, 2.05) is 65.0 Å². The van der Waals surface area contributed by atoms with Crippen LogP contribution >= 0.6 is 0 Å². The number of hydrogen-bond donors (Lipinski definition) is 6. The molecule has 2 aromatic carbocycles. The quantitative estimate of drug-likeness (QED) is 0.111. The molecule has 1 unspecified atom stereocenters.